The van der Waals surface area contributed by atoms with E-state index in [4.69, 9.17) is 14.2 Å². The van der Waals surface area contributed by atoms with Gasteiger partial charge in [0.2, 0.25) is 0 Å². The van der Waals surface area contributed by atoms with Crippen LogP contribution in [0, 0.1) is 5.92 Å². The summed E-state index contributed by atoms with van der Waals surface area (Å²) in [5.41, 5.74) is 0. The Labute approximate surface area is 107 Å². The molecule has 0 aliphatic heterocycles. The summed E-state index contributed by atoms with van der Waals surface area (Å²) in [4.78, 5) is 32.9. The minimum Gasteiger partial charge on any atom is -0.465 e. The van der Waals surface area contributed by atoms with Gasteiger partial charge < -0.3 is 14.2 Å². The Morgan fingerprint density at radius 3 is 2.00 bits per heavy atom. The van der Waals surface area contributed by atoms with Gasteiger partial charge in [-0.05, 0) is 5.92 Å². The van der Waals surface area contributed by atoms with E-state index < -0.39 is 24.0 Å². The van der Waals surface area contributed by atoms with E-state index in [2.05, 4.69) is 0 Å². The fraction of sp³-hybridized carbons (Fsp3) is 0.750. The van der Waals surface area contributed by atoms with Gasteiger partial charge in [-0.25, -0.2) is 0 Å². The highest BCUT2D eigenvalue weighted by molar-refractivity contribution is 5.71. The van der Waals surface area contributed by atoms with Crippen molar-refractivity contribution < 1.29 is 28.6 Å². The van der Waals surface area contributed by atoms with Crippen LogP contribution in [0.5, 0.6) is 0 Å². The summed E-state index contributed by atoms with van der Waals surface area (Å²) in [6.45, 7) is 6.44. The quantitative estimate of drug-likeness (QED) is 0.503. The zero-order chi connectivity index (χ0) is 14.1. The Balaban J connectivity index is 4.16. The summed E-state index contributed by atoms with van der Waals surface area (Å²) < 4.78 is 14.5. The van der Waals surface area contributed by atoms with E-state index in [1.54, 1.807) is 0 Å². The third-order valence-corrected chi connectivity index (χ3v) is 1.78. The largest absolute Gasteiger partial charge is 0.465 e. The molecule has 0 heterocycles. The van der Waals surface area contributed by atoms with Gasteiger partial charge in [-0.1, -0.05) is 13.8 Å². The van der Waals surface area contributed by atoms with Crippen molar-refractivity contribution in [3.63, 3.8) is 0 Å². The van der Waals surface area contributed by atoms with Gasteiger partial charge in [-0.3, -0.25) is 14.4 Å². The maximum Gasteiger partial charge on any atom is 0.309 e. The van der Waals surface area contributed by atoms with Crippen molar-refractivity contribution in [2.45, 2.75) is 40.2 Å². The minimum atomic E-state index is -0.800. The molecule has 6 heteroatoms. The van der Waals surface area contributed by atoms with Crippen LogP contribution in [-0.2, 0) is 28.6 Å². The Morgan fingerprint density at radius 2 is 1.56 bits per heavy atom. The highest BCUT2D eigenvalue weighted by Crippen LogP contribution is 2.04. The van der Waals surface area contributed by atoms with Crippen LogP contribution >= 0.6 is 0 Å². The average Bonchev–Trinajstić information content (AvgIpc) is 2.22. The molecule has 0 radical (unpaired) electrons. The van der Waals surface area contributed by atoms with Crippen LogP contribution in [0.4, 0.5) is 0 Å². The number of rotatable bonds is 7. The molecule has 0 saturated heterocycles. The van der Waals surface area contributed by atoms with Gasteiger partial charge in [0.15, 0.2) is 0 Å². The molecule has 0 aromatic heterocycles. The van der Waals surface area contributed by atoms with Gasteiger partial charge in [0, 0.05) is 13.8 Å². The lowest BCUT2D eigenvalue weighted by molar-refractivity contribution is -0.162. The minimum absolute atomic E-state index is 0.125. The lowest BCUT2D eigenvalue weighted by Gasteiger charge is -2.16. The van der Waals surface area contributed by atoms with Crippen molar-refractivity contribution >= 4 is 17.9 Å². The van der Waals surface area contributed by atoms with Gasteiger partial charge in [0.1, 0.15) is 12.7 Å². The molecule has 0 aliphatic rings. The number of esters is 3. The van der Waals surface area contributed by atoms with Gasteiger partial charge in [-0.15, -0.1) is 0 Å². The number of ether oxygens (including phenoxy) is 3. The number of hydrogen-bond acceptors (Lipinski definition) is 6. The van der Waals surface area contributed by atoms with Crippen LogP contribution in [0.3, 0.4) is 0 Å². The monoisotopic (exact) mass is 260 g/mol. The molecule has 0 aliphatic carbocycles. The van der Waals surface area contributed by atoms with E-state index >= 15 is 0 Å². The third kappa shape index (κ3) is 9.62. The number of carbonyl (C=O) groups excluding carboxylic acids is 3. The Bertz CT molecular complexity index is 297. The van der Waals surface area contributed by atoms with Crippen LogP contribution in [0.25, 0.3) is 0 Å². The first-order valence-electron chi connectivity index (χ1n) is 5.77. The lowest BCUT2D eigenvalue weighted by Crippen LogP contribution is -2.27. The van der Waals surface area contributed by atoms with Crippen LogP contribution < -0.4 is 0 Å². The summed E-state index contributed by atoms with van der Waals surface area (Å²) in [5, 5.41) is 0. The maximum atomic E-state index is 11.4. The molecule has 0 fully saturated rings. The molecule has 0 saturated carbocycles. The van der Waals surface area contributed by atoms with E-state index in [0.29, 0.717) is 6.61 Å². The van der Waals surface area contributed by atoms with Crippen LogP contribution in [-0.4, -0.2) is 37.2 Å². The first-order valence-corrected chi connectivity index (χ1v) is 5.77. The molecule has 0 aromatic rings. The third-order valence-electron chi connectivity index (χ3n) is 1.78. The molecule has 0 bridgehead atoms. The Kier molecular flexibility index (Phi) is 7.74. The second kappa shape index (κ2) is 8.49. The second-order valence-electron chi connectivity index (χ2n) is 4.32. The van der Waals surface area contributed by atoms with Gasteiger partial charge in [-0.2, -0.15) is 0 Å². The Morgan fingerprint density at radius 1 is 0.944 bits per heavy atom. The van der Waals surface area contributed by atoms with Gasteiger partial charge in [0.25, 0.3) is 0 Å². The number of hydrogen-bond donors (Lipinski definition) is 0. The van der Waals surface area contributed by atoms with Crippen molar-refractivity contribution in [1.82, 2.24) is 0 Å². The molecule has 18 heavy (non-hydrogen) atoms. The fourth-order valence-corrected chi connectivity index (χ4v) is 1.08. The predicted molar refractivity (Wildman–Crippen MR) is 62.6 cm³/mol. The molecule has 6 nitrogen and oxygen atoms in total. The summed E-state index contributed by atoms with van der Waals surface area (Å²) in [6, 6.07) is 0. The van der Waals surface area contributed by atoms with E-state index in [9.17, 15) is 14.4 Å². The SMILES string of the molecule is CC(=O)OCC(CC(=O)OCC(C)C)OC(C)=O. The molecule has 0 spiro atoms. The molecular formula is C12H20O6. The zero-order valence-electron chi connectivity index (χ0n) is 11.2. The molecule has 0 aromatic carbocycles. The molecule has 0 N–H and O–H groups in total. The van der Waals surface area contributed by atoms with Crippen LogP contribution in [0.15, 0.2) is 0 Å². The second-order valence-corrected chi connectivity index (χ2v) is 4.32. The molecule has 0 amide bonds. The molecule has 1 atom stereocenters. The van der Waals surface area contributed by atoms with Crippen molar-refractivity contribution in [2.24, 2.45) is 5.92 Å². The highest BCUT2D eigenvalue weighted by atomic mass is 16.6. The van der Waals surface area contributed by atoms with E-state index in [0.717, 1.165) is 0 Å². The number of carbonyl (C=O) groups is 3. The summed E-state index contributed by atoms with van der Waals surface area (Å²) in [6.07, 6.45) is -0.925. The lowest BCUT2D eigenvalue weighted by atomic mass is 10.2. The Hall–Kier alpha value is -1.59. The van der Waals surface area contributed by atoms with Crippen LogP contribution in [0.1, 0.15) is 34.1 Å². The van der Waals surface area contributed by atoms with Crippen molar-refractivity contribution in [1.29, 1.82) is 0 Å². The summed E-state index contributed by atoms with van der Waals surface area (Å²) in [7, 11) is 0. The molecular weight excluding hydrogens is 240 g/mol. The van der Waals surface area contributed by atoms with Gasteiger partial charge >= 0.3 is 17.9 Å². The summed E-state index contributed by atoms with van der Waals surface area (Å²) in [5.74, 6) is -1.29. The van der Waals surface area contributed by atoms with Crippen molar-refractivity contribution in [2.75, 3.05) is 13.2 Å². The molecule has 1 unspecified atom stereocenters. The summed E-state index contributed by atoms with van der Waals surface area (Å²) >= 11 is 0. The first kappa shape index (κ1) is 16.4. The average molecular weight is 260 g/mol. The maximum absolute atomic E-state index is 11.4. The van der Waals surface area contributed by atoms with Crippen LogP contribution in [0.2, 0.25) is 0 Å². The van der Waals surface area contributed by atoms with Crippen molar-refractivity contribution in [3.8, 4) is 0 Å². The van der Waals surface area contributed by atoms with Gasteiger partial charge in [0.05, 0.1) is 13.0 Å². The molecule has 0 rings (SSSR count). The fourth-order valence-electron chi connectivity index (χ4n) is 1.08. The standard InChI is InChI=1S/C12H20O6/c1-8(2)6-17-12(15)5-11(18-10(4)14)7-16-9(3)13/h8,11H,5-7H2,1-4H3. The molecule has 104 valence electrons. The topological polar surface area (TPSA) is 78.9 Å². The first-order chi connectivity index (χ1) is 8.31. The van der Waals surface area contributed by atoms with Crippen molar-refractivity contribution in [3.05, 3.63) is 0 Å². The van der Waals surface area contributed by atoms with E-state index in [1.165, 1.54) is 13.8 Å². The predicted octanol–water partition coefficient (Wildman–Crippen LogP) is 1.07. The van der Waals surface area contributed by atoms with E-state index in [-0.39, 0.29) is 18.9 Å². The normalized spacial score (nSPS) is 11.8. The highest BCUT2D eigenvalue weighted by Gasteiger charge is 2.19. The van der Waals surface area contributed by atoms with E-state index in [1.807, 2.05) is 13.8 Å². The smallest absolute Gasteiger partial charge is 0.309 e. The zero-order valence-corrected chi connectivity index (χ0v) is 11.2.